The molecule has 2 heteroatoms. The van der Waals surface area contributed by atoms with E-state index in [-0.39, 0.29) is 0 Å². The number of thioether (sulfide) groups is 1. The quantitative estimate of drug-likeness (QED) is 0.515. The van der Waals surface area contributed by atoms with Gasteiger partial charge in [-0.1, -0.05) is 44.7 Å². The molecule has 0 fully saturated rings. The van der Waals surface area contributed by atoms with E-state index >= 15 is 0 Å². The number of para-hydroxylation sites is 1. The molecule has 0 saturated heterocycles. The van der Waals surface area contributed by atoms with Gasteiger partial charge in [0, 0.05) is 17.1 Å². The van der Waals surface area contributed by atoms with Gasteiger partial charge in [0.1, 0.15) is 0 Å². The monoisotopic (exact) mass is 237 g/mol. The van der Waals surface area contributed by atoms with Gasteiger partial charge in [0.15, 0.2) is 0 Å². The van der Waals surface area contributed by atoms with Crippen molar-refractivity contribution in [3.63, 3.8) is 0 Å². The van der Waals surface area contributed by atoms with Crippen LogP contribution in [-0.4, -0.2) is 12.8 Å². The molecule has 0 aliphatic heterocycles. The Balaban J connectivity index is 2.21. The van der Waals surface area contributed by atoms with Crippen molar-refractivity contribution >= 4 is 17.4 Å². The molecule has 1 nitrogen and oxygen atoms in total. The van der Waals surface area contributed by atoms with Crippen LogP contribution in [0.1, 0.15) is 39.0 Å². The fraction of sp³-hybridized carbons (Fsp3) is 0.571. The zero-order valence-corrected chi connectivity index (χ0v) is 11.3. The second-order valence-electron chi connectivity index (χ2n) is 4.04. The van der Waals surface area contributed by atoms with Crippen molar-refractivity contribution in [1.29, 1.82) is 0 Å². The Morgan fingerprint density at radius 3 is 2.56 bits per heavy atom. The summed E-state index contributed by atoms with van der Waals surface area (Å²) in [5.74, 6) is 0. The number of nitrogens with one attached hydrogen (secondary N) is 1. The van der Waals surface area contributed by atoms with Crippen molar-refractivity contribution in [2.45, 2.75) is 43.9 Å². The van der Waals surface area contributed by atoms with E-state index in [9.17, 15) is 0 Å². The zero-order valence-electron chi connectivity index (χ0n) is 10.5. The third-order valence-electron chi connectivity index (χ3n) is 2.70. The molecule has 1 aromatic rings. The highest BCUT2D eigenvalue weighted by Gasteiger charge is 1.98. The lowest BCUT2D eigenvalue weighted by Crippen LogP contribution is -2.02. The predicted octanol–water partition coefficient (Wildman–Crippen LogP) is 4.79. The van der Waals surface area contributed by atoms with E-state index in [1.165, 1.54) is 42.7 Å². The van der Waals surface area contributed by atoms with Crippen molar-refractivity contribution < 1.29 is 0 Å². The molecule has 0 saturated carbocycles. The average Bonchev–Trinajstić information content (AvgIpc) is 2.34. The van der Waals surface area contributed by atoms with Gasteiger partial charge in [-0.25, -0.2) is 0 Å². The Morgan fingerprint density at radius 2 is 1.81 bits per heavy atom. The van der Waals surface area contributed by atoms with Crippen LogP contribution in [0.2, 0.25) is 0 Å². The summed E-state index contributed by atoms with van der Waals surface area (Å²) in [5, 5.41) is 3.52. The standard InChI is InChI=1S/C14H23NS/c1-3-4-5-6-9-12-15-13-10-7-8-11-14(13)16-2/h7-8,10-11,15H,3-6,9,12H2,1-2H3. The largest absolute Gasteiger partial charge is 0.384 e. The number of unbranched alkanes of at least 4 members (excludes halogenated alkanes) is 4. The minimum atomic E-state index is 1.10. The average molecular weight is 237 g/mol. The highest BCUT2D eigenvalue weighted by molar-refractivity contribution is 7.98. The number of hydrogen-bond donors (Lipinski definition) is 1. The fourth-order valence-electron chi connectivity index (χ4n) is 1.74. The minimum Gasteiger partial charge on any atom is -0.384 e. The lowest BCUT2D eigenvalue weighted by atomic mass is 10.1. The van der Waals surface area contributed by atoms with E-state index in [1.807, 2.05) is 0 Å². The highest BCUT2D eigenvalue weighted by atomic mass is 32.2. The first-order valence-electron chi connectivity index (χ1n) is 6.25. The molecular formula is C14H23NS. The first-order valence-corrected chi connectivity index (χ1v) is 7.48. The van der Waals surface area contributed by atoms with Crippen LogP contribution in [0.15, 0.2) is 29.2 Å². The van der Waals surface area contributed by atoms with Gasteiger partial charge in [-0.15, -0.1) is 11.8 Å². The molecule has 0 aromatic heterocycles. The van der Waals surface area contributed by atoms with Crippen LogP contribution in [0.5, 0.6) is 0 Å². The summed E-state index contributed by atoms with van der Waals surface area (Å²) in [6.07, 6.45) is 8.83. The summed E-state index contributed by atoms with van der Waals surface area (Å²) in [7, 11) is 0. The van der Waals surface area contributed by atoms with Gasteiger partial charge in [0.05, 0.1) is 0 Å². The second-order valence-corrected chi connectivity index (χ2v) is 4.89. The Morgan fingerprint density at radius 1 is 1.06 bits per heavy atom. The van der Waals surface area contributed by atoms with E-state index in [2.05, 4.69) is 42.8 Å². The lowest BCUT2D eigenvalue weighted by Gasteiger charge is -2.09. The molecule has 0 heterocycles. The van der Waals surface area contributed by atoms with Gasteiger partial charge in [0.2, 0.25) is 0 Å². The van der Waals surface area contributed by atoms with Crippen molar-refractivity contribution in [2.24, 2.45) is 0 Å². The van der Waals surface area contributed by atoms with Gasteiger partial charge >= 0.3 is 0 Å². The summed E-state index contributed by atoms with van der Waals surface area (Å²) in [6, 6.07) is 8.53. The molecule has 0 unspecified atom stereocenters. The molecule has 0 atom stereocenters. The van der Waals surface area contributed by atoms with Crippen molar-refractivity contribution in [2.75, 3.05) is 18.1 Å². The van der Waals surface area contributed by atoms with Crippen LogP contribution in [-0.2, 0) is 0 Å². The van der Waals surface area contributed by atoms with Crippen LogP contribution < -0.4 is 5.32 Å². The molecule has 0 radical (unpaired) electrons. The van der Waals surface area contributed by atoms with Crippen molar-refractivity contribution in [3.8, 4) is 0 Å². The summed E-state index contributed by atoms with van der Waals surface area (Å²) >= 11 is 1.80. The maximum absolute atomic E-state index is 3.52. The van der Waals surface area contributed by atoms with Crippen LogP contribution in [0.4, 0.5) is 5.69 Å². The SMILES string of the molecule is CCCCCCCNc1ccccc1SC. The maximum atomic E-state index is 3.52. The molecule has 90 valence electrons. The van der Waals surface area contributed by atoms with Crippen LogP contribution >= 0.6 is 11.8 Å². The molecule has 0 spiro atoms. The van der Waals surface area contributed by atoms with Crippen LogP contribution in [0.3, 0.4) is 0 Å². The van der Waals surface area contributed by atoms with Crippen molar-refractivity contribution in [3.05, 3.63) is 24.3 Å². The lowest BCUT2D eigenvalue weighted by molar-refractivity contribution is 0.645. The van der Waals surface area contributed by atoms with Gasteiger partial charge in [-0.05, 0) is 24.8 Å². The summed E-state index contributed by atoms with van der Waals surface area (Å²) in [4.78, 5) is 1.34. The number of rotatable bonds is 8. The van der Waals surface area contributed by atoms with E-state index in [0.29, 0.717) is 0 Å². The molecule has 1 rings (SSSR count). The van der Waals surface area contributed by atoms with Gasteiger partial charge in [0.25, 0.3) is 0 Å². The van der Waals surface area contributed by atoms with E-state index in [4.69, 9.17) is 0 Å². The third-order valence-corrected chi connectivity index (χ3v) is 3.50. The molecule has 0 amide bonds. The Bertz CT molecular complexity index is 286. The third kappa shape index (κ3) is 4.93. The Hall–Kier alpha value is -0.630. The topological polar surface area (TPSA) is 12.0 Å². The molecule has 1 N–H and O–H groups in total. The Labute approximate surface area is 104 Å². The van der Waals surface area contributed by atoms with Crippen LogP contribution in [0, 0.1) is 0 Å². The number of anilines is 1. The Kier molecular flexibility index (Phi) is 7.15. The molecule has 1 aromatic carbocycles. The van der Waals surface area contributed by atoms with Gasteiger partial charge < -0.3 is 5.32 Å². The predicted molar refractivity (Wildman–Crippen MR) is 75.5 cm³/mol. The minimum absolute atomic E-state index is 1.10. The number of hydrogen-bond acceptors (Lipinski definition) is 2. The second kappa shape index (κ2) is 8.51. The van der Waals surface area contributed by atoms with E-state index in [1.54, 1.807) is 11.8 Å². The summed E-state index contributed by atoms with van der Waals surface area (Å²) in [5.41, 5.74) is 1.28. The molecule has 0 aliphatic rings. The van der Waals surface area contributed by atoms with Crippen LogP contribution in [0.25, 0.3) is 0 Å². The highest BCUT2D eigenvalue weighted by Crippen LogP contribution is 2.24. The van der Waals surface area contributed by atoms with E-state index < -0.39 is 0 Å². The molecule has 0 aliphatic carbocycles. The zero-order chi connectivity index (χ0) is 11.6. The van der Waals surface area contributed by atoms with Crippen molar-refractivity contribution in [1.82, 2.24) is 0 Å². The van der Waals surface area contributed by atoms with E-state index in [0.717, 1.165) is 6.54 Å². The first-order chi connectivity index (χ1) is 7.88. The van der Waals surface area contributed by atoms with Gasteiger partial charge in [-0.3, -0.25) is 0 Å². The maximum Gasteiger partial charge on any atom is 0.0478 e. The molecule has 0 bridgehead atoms. The number of benzene rings is 1. The fourth-order valence-corrected chi connectivity index (χ4v) is 2.32. The molecular weight excluding hydrogens is 214 g/mol. The molecule has 16 heavy (non-hydrogen) atoms. The van der Waals surface area contributed by atoms with Gasteiger partial charge in [-0.2, -0.15) is 0 Å². The smallest absolute Gasteiger partial charge is 0.0478 e. The normalized spacial score (nSPS) is 10.4. The first kappa shape index (κ1) is 13.4. The summed E-state index contributed by atoms with van der Waals surface area (Å²) in [6.45, 7) is 3.36. The summed E-state index contributed by atoms with van der Waals surface area (Å²) < 4.78 is 0.